The highest BCUT2D eigenvalue weighted by Crippen LogP contribution is 2.35. The van der Waals surface area contributed by atoms with Gasteiger partial charge in [0.25, 0.3) is 0 Å². The number of Topliss-reactive ketones (excluding diaryl/α,β-unsaturated/α-hetero) is 1. The molecule has 3 aliphatic rings. The van der Waals surface area contributed by atoms with E-state index >= 15 is 0 Å². The van der Waals surface area contributed by atoms with Crippen LogP contribution in [0.1, 0.15) is 130 Å². The second-order valence-electron chi connectivity index (χ2n) is 12.7. The van der Waals surface area contributed by atoms with Crippen molar-refractivity contribution >= 4 is 11.8 Å². The predicted octanol–water partition coefficient (Wildman–Crippen LogP) is 7.91. The summed E-state index contributed by atoms with van der Waals surface area (Å²) in [5.41, 5.74) is -0.149. The maximum atomic E-state index is 12.7. The molecule has 0 bridgehead atoms. The van der Waals surface area contributed by atoms with Crippen LogP contribution < -0.4 is 0 Å². The van der Waals surface area contributed by atoms with Crippen LogP contribution in [0.4, 0.5) is 0 Å². The highest BCUT2D eigenvalue weighted by molar-refractivity contribution is 5.83. The molecule has 0 aromatic carbocycles. The quantitative estimate of drug-likeness (QED) is 0.131. The highest BCUT2D eigenvalue weighted by atomic mass is 16.7. The summed E-state index contributed by atoms with van der Waals surface area (Å²) < 4.78 is 24.0. The van der Waals surface area contributed by atoms with E-state index in [9.17, 15) is 14.7 Å². The van der Waals surface area contributed by atoms with E-state index < -0.39 is 30.3 Å². The fourth-order valence-electron chi connectivity index (χ4n) is 6.29. The van der Waals surface area contributed by atoms with Crippen LogP contribution in [0.5, 0.6) is 0 Å². The molecule has 0 aromatic heterocycles. The summed E-state index contributed by atoms with van der Waals surface area (Å²) in [4.78, 5) is 25.3. The summed E-state index contributed by atoms with van der Waals surface area (Å²) in [5.74, 6) is -0.270. The summed E-state index contributed by atoms with van der Waals surface area (Å²) in [6.45, 7) is 7.12. The Hall–Kier alpha value is -1.54. The van der Waals surface area contributed by atoms with Gasteiger partial charge < -0.3 is 24.1 Å². The number of hydrogen-bond donors (Lipinski definition) is 1. The zero-order chi connectivity index (χ0) is 29.5. The monoisotopic (exact) mass is 576 g/mol. The Morgan fingerprint density at radius 3 is 2.34 bits per heavy atom. The zero-order valence-corrected chi connectivity index (χ0v) is 26.0. The molecular formula is C34H56O7. The van der Waals surface area contributed by atoms with Crippen LogP contribution in [-0.2, 0) is 28.5 Å². The van der Waals surface area contributed by atoms with Gasteiger partial charge in [0.2, 0.25) is 0 Å². The third kappa shape index (κ3) is 11.6. The predicted molar refractivity (Wildman–Crippen MR) is 161 cm³/mol. The number of carbonyl (C=O) groups is 2. The standard InChI is InChI=1S/C34H56O7/c1-26(2)16-8-6-4-5-7-9-17-27-22-23-29(35)28(27)18-10-11-19-30(40-31-20-12-14-24-38-31)34(3,33(36)37)41-32-21-13-15-25-39-32/h9,16-17,27-28,30-32H,4-8,10-15,18-25H2,1-3H3,(H,36,37)/b17-9+/t27-,28+,30?,31?,32?,34?/m0/s1. The smallest absolute Gasteiger partial charge is 0.338 e. The van der Waals surface area contributed by atoms with Gasteiger partial charge in [0.15, 0.2) is 18.2 Å². The van der Waals surface area contributed by atoms with Crippen LogP contribution in [-0.4, -0.2) is 54.4 Å². The van der Waals surface area contributed by atoms with Crippen molar-refractivity contribution in [1.82, 2.24) is 0 Å². The first-order chi connectivity index (χ1) is 19.8. The summed E-state index contributed by atoms with van der Waals surface area (Å²) >= 11 is 0. The first-order valence-electron chi connectivity index (χ1n) is 16.4. The maximum Gasteiger partial charge on any atom is 0.338 e. The second-order valence-corrected chi connectivity index (χ2v) is 12.7. The van der Waals surface area contributed by atoms with Gasteiger partial charge in [-0.3, -0.25) is 4.79 Å². The lowest BCUT2D eigenvalue weighted by Gasteiger charge is -2.39. The summed E-state index contributed by atoms with van der Waals surface area (Å²) in [5, 5.41) is 10.3. The Morgan fingerprint density at radius 2 is 1.68 bits per heavy atom. The van der Waals surface area contributed by atoms with Gasteiger partial charge in [0.1, 0.15) is 11.9 Å². The molecule has 0 amide bonds. The number of carboxylic acids is 1. The normalized spacial score (nSPS) is 27.5. The van der Waals surface area contributed by atoms with E-state index in [1.165, 1.54) is 24.8 Å². The second kappa shape index (κ2) is 18.2. The van der Waals surface area contributed by atoms with Gasteiger partial charge in [0, 0.05) is 25.6 Å². The number of aliphatic carboxylic acids is 1. The average Bonchev–Trinajstić information content (AvgIpc) is 3.31. The lowest BCUT2D eigenvalue weighted by molar-refractivity contribution is -0.279. The minimum absolute atomic E-state index is 0.0720. The number of ketones is 1. The van der Waals surface area contributed by atoms with E-state index in [-0.39, 0.29) is 5.92 Å². The molecule has 234 valence electrons. The molecule has 0 spiro atoms. The number of unbranched alkanes of at least 4 members (excludes halogenated alkanes) is 5. The van der Waals surface area contributed by atoms with Gasteiger partial charge >= 0.3 is 5.97 Å². The van der Waals surface area contributed by atoms with Crippen molar-refractivity contribution in [2.24, 2.45) is 11.8 Å². The van der Waals surface area contributed by atoms with Crippen molar-refractivity contribution in [3.63, 3.8) is 0 Å². The molecule has 3 fully saturated rings. The Bertz CT molecular complexity index is 836. The molecule has 6 atom stereocenters. The Balaban J connectivity index is 1.51. The van der Waals surface area contributed by atoms with Gasteiger partial charge in [-0.1, -0.05) is 43.1 Å². The van der Waals surface area contributed by atoms with E-state index in [0.717, 1.165) is 70.6 Å². The molecule has 41 heavy (non-hydrogen) atoms. The fraction of sp³-hybridized carbons (Fsp3) is 0.824. The van der Waals surface area contributed by atoms with Crippen molar-refractivity contribution < 1.29 is 33.6 Å². The van der Waals surface area contributed by atoms with Gasteiger partial charge in [-0.25, -0.2) is 4.79 Å². The number of carbonyl (C=O) groups excluding carboxylic acids is 1. The van der Waals surface area contributed by atoms with Crippen molar-refractivity contribution in [1.29, 1.82) is 0 Å². The number of hydrogen-bond acceptors (Lipinski definition) is 6. The van der Waals surface area contributed by atoms with Crippen LogP contribution in [0.25, 0.3) is 0 Å². The van der Waals surface area contributed by atoms with Gasteiger partial charge in [-0.15, -0.1) is 0 Å². The zero-order valence-electron chi connectivity index (χ0n) is 26.0. The van der Waals surface area contributed by atoms with E-state index in [4.69, 9.17) is 18.9 Å². The van der Waals surface area contributed by atoms with Crippen LogP contribution in [0.2, 0.25) is 0 Å². The molecule has 1 saturated carbocycles. The molecule has 7 nitrogen and oxygen atoms in total. The van der Waals surface area contributed by atoms with Crippen LogP contribution in [0, 0.1) is 11.8 Å². The Kier molecular flexibility index (Phi) is 15.1. The molecule has 1 aliphatic carbocycles. The van der Waals surface area contributed by atoms with Gasteiger partial charge in [-0.05, 0) is 110 Å². The van der Waals surface area contributed by atoms with Crippen LogP contribution >= 0.6 is 0 Å². The summed E-state index contributed by atoms with van der Waals surface area (Å²) in [7, 11) is 0. The number of allylic oxidation sites excluding steroid dienone is 4. The third-order valence-corrected chi connectivity index (χ3v) is 8.90. The molecule has 0 aromatic rings. The number of carboxylic acid groups (broad SMARTS) is 1. The SMILES string of the molecule is CC(C)=CCCCCC/C=C/[C@H]1CCC(=O)[C@@H]1CCCCC(OC1CCCCO1)C(C)(OC1CCCCO1)C(=O)O. The van der Waals surface area contributed by atoms with Gasteiger partial charge in [-0.2, -0.15) is 0 Å². The molecule has 1 N–H and O–H groups in total. The van der Waals surface area contributed by atoms with Crippen molar-refractivity contribution in [3.8, 4) is 0 Å². The average molecular weight is 577 g/mol. The largest absolute Gasteiger partial charge is 0.479 e. The lowest BCUT2D eigenvalue weighted by atomic mass is 9.88. The van der Waals surface area contributed by atoms with E-state index in [1.54, 1.807) is 6.92 Å². The van der Waals surface area contributed by atoms with E-state index in [2.05, 4.69) is 32.1 Å². The fourth-order valence-corrected chi connectivity index (χ4v) is 6.29. The first kappa shape index (κ1) is 34.0. The maximum absolute atomic E-state index is 12.7. The molecule has 7 heteroatoms. The molecule has 2 saturated heterocycles. The first-order valence-corrected chi connectivity index (χ1v) is 16.4. The van der Waals surface area contributed by atoms with Crippen molar-refractivity contribution in [2.45, 2.75) is 154 Å². The molecule has 2 heterocycles. The minimum Gasteiger partial charge on any atom is -0.479 e. The van der Waals surface area contributed by atoms with Crippen molar-refractivity contribution in [2.75, 3.05) is 13.2 Å². The Morgan fingerprint density at radius 1 is 0.976 bits per heavy atom. The highest BCUT2D eigenvalue weighted by Gasteiger charge is 2.47. The van der Waals surface area contributed by atoms with Crippen LogP contribution in [0.3, 0.4) is 0 Å². The van der Waals surface area contributed by atoms with Crippen LogP contribution in [0.15, 0.2) is 23.8 Å². The molecule has 2 aliphatic heterocycles. The third-order valence-electron chi connectivity index (χ3n) is 8.90. The molecule has 0 radical (unpaired) electrons. The number of rotatable bonds is 18. The van der Waals surface area contributed by atoms with E-state index in [0.29, 0.717) is 44.2 Å². The Labute approximate surface area is 248 Å². The number of ether oxygens (including phenoxy) is 4. The molecule has 3 rings (SSSR count). The minimum atomic E-state index is -1.54. The molecular weight excluding hydrogens is 520 g/mol. The lowest BCUT2D eigenvalue weighted by Crippen LogP contribution is -2.54. The van der Waals surface area contributed by atoms with Gasteiger partial charge in [0.05, 0.1) is 0 Å². The summed E-state index contributed by atoms with van der Waals surface area (Å²) in [6, 6.07) is 0. The topological polar surface area (TPSA) is 91.3 Å². The van der Waals surface area contributed by atoms with Crippen molar-refractivity contribution in [3.05, 3.63) is 23.8 Å². The summed E-state index contributed by atoms with van der Waals surface area (Å²) in [6.07, 6.45) is 21.1. The molecule has 4 unspecified atom stereocenters. The van der Waals surface area contributed by atoms with E-state index in [1.807, 2.05) is 0 Å².